The van der Waals surface area contributed by atoms with Crippen LogP contribution in [-0.4, -0.2) is 35.3 Å². The van der Waals surface area contributed by atoms with Gasteiger partial charge < -0.3 is 10.2 Å². The number of rotatable bonds is 1. The van der Waals surface area contributed by atoms with Crippen molar-refractivity contribution in [2.75, 3.05) is 13.1 Å². The van der Waals surface area contributed by atoms with Crippen molar-refractivity contribution in [1.29, 1.82) is 0 Å². The van der Waals surface area contributed by atoms with Gasteiger partial charge in [-0.2, -0.15) is 0 Å². The lowest BCUT2D eigenvalue weighted by Crippen LogP contribution is -2.63. The van der Waals surface area contributed by atoms with Crippen molar-refractivity contribution < 1.29 is 9.59 Å². The quantitative estimate of drug-likeness (QED) is 0.687. The Morgan fingerprint density at radius 3 is 2.84 bits per heavy atom. The third kappa shape index (κ3) is 2.79. The van der Waals surface area contributed by atoms with E-state index in [1.165, 1.54) is 0 Å². The fourth-order valence-electron chi connectivity index (χ4n) is 2.06. The number of benzene rings is 1. The second kappa shape index (κ2) is 5.40. The Morgan fingerprint density at radius 1 is 1.47 bits per heavy atom. The van der Waals surface area contributed by atoms with Gasteiger partial charge in [-0.1, -0.05) is 15.9 Å². The van der Waals surface area contributed by atoms with Crippen LogP contribution < -0.4 is 5.32 Å². The van der Waals surface area contributed by atoms with Gasteiger partial charge in [0.05, 0.1) is 5.56 Å². The number of carbonyl (C=O) groups is 2. The molecule has 0 saturated carbocycles. The number of hydrogen-bond acceptors (Lipinski definition) is 2. The second-order valence-electron chi connectivity index (χ2n) is 4.90. The molecule has 1 N–H and O–H groups in total. The standard InChI is InChI=1S/C13H14BrIN2O2/c1-13(2)12(19)16-5-6-17(13)11(18)9-7-8(14)3-4-10(9)15/h3-4,7H,5-6H2,1-2H3,(H,16,19). The molecule has 0 aromatic heterocycles. The van der Waals surface area contributed by atoms with Crippen molar-refractivity contribution in [3.8, 4) is 0 Å². The zero-order valence-electron chi connectivity index (χ0n) is 10.7. The Morgan fingerprint density at radius 2 is 2.16 bits per heavy atom. The molecule has 1 heterocycles. The molecule has 1 aromatic rings. The molecule has 1 aliphatic rings. The van der Waals surface area contributed by atoms with Gasteiger partial charge in [-0.15, -0.1) is 0 Å². The van der Waals surface area contributed by atoms with Gasteiger partial charge in [-0.05, 0) is 54.6 Å². The largest absolute Gasteiger partial charge is 0.352 e. The highest BCUT2D eigenvalue weighted by Crippen LogP contribution is 2.25. The molecule has 6 heteroatoms. The summed E-state index contributed by atoms with van der Waals surface area (Å²) in [5, 5.41) is 2.79. The predicted molar refractivity (Wildman–Crippen MR) is 85.0 cm³/mol. The highest BCUT2D eigenvalue weighted by Gasteiger charge is 2.41. The van der Waals surface area contributed by atoms with Crippen LogP contribution in [0.4, 0.5) is 0 Å². The van der Waals surface area contributed by atoms with E-state index in [9.17, 15) is 9.59 Å². The van der Waals surface area contributed by atoms with E-state index in [-0.39, 0.29) is 11.8 Å². The molecule has 0 radical (unpaired) electrons. The van der Waals surface area contributed by atoms with E-state index < -0.39 is 5.54 Å². The Kier molecular flexibility index (Phi) is 4.20. The molecule has 0 bridgehead atoms. The number of piperazine rings is 1. The third-order valence-electron chi connectivity index (χ3n) is 3.26. The molecule has 1 saturated heterocycles. The molecule has 0 aliphatic carbocycles. The first-order valence-electron chi connectivity index (χ1n) is 5.89. The number of halogens is 2. The summed E-state index contributed by atoms with van der Waals surface area (Å²) in [5.74, 6) is -0.220. The van der Waals surface area contributed by atoms with Gasteiger partial charge in [-0.3, -0.25) is 9.59 Å². The van der Waals surface area contributed by atoms with Crippen LogP contribution in [-0.2, 0) is 4.79 Å². The lowest BCUT2D eigenvalue weighted by molar-refractivity contribution is -0.133. The van der Waals surface area contributed by atoms with E-state index >= 15 is 0 Å². The van der Waals surface area contributed by atoms with Gasteiger partial charge in [0.1, 0.15) is 5.54 Å². The maximum absolute atomic E-state index is 12.7. The van der Waals surface area contributed by atoms with Crippen LogP contribution in [0, 0.1) is 3.57 Å². The van der Waals surface area contributed by atoms with Gasteiger partial charge in [-0.25, -0.2) is 0 Å². The smallest absolute Gasteiger partial charge is 0.255 e. The topological polar surface area (TPSA) is 49.4 Å². The van der Waals surface area contributed by atoms with E-state index in [4.69, 9.17) is 0 Å². The molecule has 0 atom stereocenters. The monoisotopic (exact) mass is 436 g/mol. The van der Waals surface area contributed by atoms with Crippen molar-refractivity contribution in [2.45, 2.75) is 19.4 Å². The minimum absolute atomic E-state index is 0.106. The van der Waals surface area contributed by atoms with E-state index in [2.05, 4.69) is 43.8 Å². The molecule has 0 unspecified atom stereocenters. The Balaban J connectivity index is 2.38. The fourth-order valence-corrected chi connectivity index (χ4v) is 2.99. The molecule has 2 amide bonds. The Bertz CT molecular complexity index is 545. The van der Waals surface area contributed by atoms with Crippen LogP contribution in [0.25, 0.3) is 0 Å². The fraction of sp³-hybridized carbons (Fsp3) is 0.385. The first-order chi connectivity index (χ1) is 8.84. The first kappa shape index (κ1) is 14.8. The van der Waals surface area contributed by atoms with Crippen molar-refractivity contribution in [2.24, 2.45) is 0 Å². The molecular formula is C13H14BrIN2O2. The zero-order chi connectivity index (χ0) is 14.2. The normalized spacial score (nSPS) is 18.1. The summed E-state index contributed by atoms with van der Waals surface area (Å²) < 4.78 is 1.74. The molecule has 1 fully saturated rings. The molecule has 102 valence electrons. The van der Waals surface area contributed by atoms with Crippen LogP contribution in [0.2, 0.25) is 0 Å². The lowest BCUT2D eigenvalue weighted by atomic mass is 9.97. The van der Waals surface area contributed by atoms with E-state index in [1.54, 1.807) is 24.8 Å². The summed E-state index contributed by atoms with van der Waals surface area (Å²) in [6, 6.07) is 5.58. The average Bonchev–Trinajstić information content (AvgIpc) is 2.35. The molecule has 19 heavy (non-hydrogen) atoms. The number of nitrogens with one attached hydrogen (secondary N) is 1. The van der Waals surface area contributed by atoms with Crippen LogP contribution in [0.1, 0.15) is 24.2 Å². The van der Waals surface area contributed by atoms with Crippen molar-refractivity contribution in [3.63, 3.8) is 0 Å². The maximum Gasteiger partial charge on any atom is 0.255 e. The first-order valence-corrected chi connectivity index (χ1v) is 7.76. The van der Waals surface area contributed by atoms with E-state index in [1.807, 2.05) is 12.1 Å². The van der Waals surface area contributed by atoms with E-state index in [0.717, 1.165) is 8.04 Å². The molecule has 1 aliphatic heterocycles. The SMILES string of the molecule is CC1(C)C(=O)NCCN1C(=O)c1cc(Br)ccc1I. The highest BCUT2D eigenvalue weighted by atomic mass is 127. The molecule has 0 spiro atoms. The molecule has 4 nitrogen and oxygen atoms in total. The average molecular weight is 437 g/mol. The third-order valence-corrected chi connectivity index (χ3v) is 4.69. The Hall–Kier alpha value is -0.630. The molecule has 2 rings (SSSR count). The summed E-state index contributed by atoms with van der Waals surface area (Å²) in [7, 11) is 0. The van der Waals surface area contributed by atoms with Crippen LogP contribution in [0.15, 0.2) is 22.7 Å². The number of nitrogens with zero attached hydrogens (tertiary/aromatic N) is 1. The van der Waals surface area contributed by atoms with Gasteiger partial charge in [0.25, 0.3) is 5.91 Å². The van der Waals surface area contributed by atoms with Gasteiger partial charge in [0.15, 0.2) is 0 Å². The van der Waals surface area contributed by atoms with Crippen molar-refractivity contribution >= 4 is 50.3 Å². The van der Waals surface area contributed by atoms with Gasteiger partial charge in [0, 0.05) is 21.1 Å². The minimum atomic E-state index is -0.819. The number of amides is 2. The van der Waals surface area contributed by atoms with Crippen LogP contribution in [0.5, 0.6) is 0 Å². The summed E-state index contributed by atoms with van der Waals surface area (Å²) in [5.41, 5.74) is -0.196. The van der Waals surface area contributed by atoms with Crippen molar-refractivity contribution in [3.05, 3.63) is 31.8 Å². The number of hydrogen-bond donors (Lipinski definition) is 1. The number of carbonyl (C=O) groups excluding carboxylic acids is 2. The minimum Gasteiger partial charge on any atom is -0.352 e. The van der Waals surface area contributed by atoms with Crippen LogP contribution >= 0.6 is 38.5 Å². The van der Waals surface area contributed by atoms with E-state index in [0.29, 0.717) is 18.7 Å². The lowest BCUT2D eigenvalue weighted by Gasteiger charge is -2.41. The summed E-state index contributed by atoms with van der Waals surface area (Å²) in [6.45, 7) is 4.56. The summed E-state index contributed by atoms with van der Waals surface area (Å²) in [6.07, 6.45) is 0. The van der Waals surface area contributed by atoms with Gasteiger partial charge >= 0.3 is 0 Å². The molecule has 1 aromatic carbocycles. The Labute approximate surface area is 134 Å². The predicted octanol–water partition coefficient (Wildman–Crippen LogP) is 2.40. The zero-order valence-corrected chi connectivity index (χ0v) is 14.4. The van der Waals surface area contributed by atoms with Gasteiger partial charge in [0.2, 0.25) is 5.91 Å². The highest BCUT2D eigenvalue weighted by molar-refractivity contribution is 14.1. The summed E-state index contributed by atoms with van der Waals surface area (Å²) >= 11 is 5.51. The molecular weight excluding hydrogens is 423 g/mol. The second-order valence-corrected chi connectivity index (χ2v) is 6.97. The summed E-state index contributed by atoms with van der Waals surface area (Å²) in [4.78, 5) is 26.2. The van der Waals surface area contributed by atoms with Crippen LogP contribution in [0.3, 0.4) is 0 Å². The van der Waals surface area contributed by atoms with Crippen molar-refractivity contribution in [1.82, 2.24) is 10.2 Å². The maximum atomic E-state index is 12.7.